The van der Waals surface area contributed by atoms with E-state index in [4.69, 9.17) is 32.7 Å². The lowest BCUT2D eigenvalue weighted by atomic mass is 10.1. The number of hydrogen-bond acceptors (Lipinski definition) is 3. The zero-order chi connectivity index (χ0) is 21.5. The van der Waals surface area contributed by atoms with Crippen molar-refractivity contribution in [2.45, 2.75) is 13.5 Å². The molecule has 0 atom stereocenters. The van der Waals surface area contributed by atoms with Crippen LogP contribution in [0, 0.1) is 6.92 Å². The number of nitrogens with one attached hydrogen (secondary N) is 1. The molecule has 6 heteroatoms. The van der Waals surface area contributed by atoms with Crippen LogP contribution in [0.25, 0.3) is 6.08 Å². The van der Waals surface area contributed by atoms with Gasteiger partial charge in [0.15, 0.2) is 11.5 Å². The fourth-order valence-electron chi connectivity index (χ4n) is 2.76. The van der Waals surface area contributed by atoms with Gasteiger partial charge in [-0.2, -0.15) is 0 Å². The maximum Gasteiger partial charge on any atom is 0.248 e. The van der Waals surface area contributed by atoms with Crippen molar-refractivity contribution >= 4 is 40.9 Å². The average Bonchev–Trinajstić information content (AvgIpc) is 2.74. The minimum Gasteiger partial charge on any atom is -0.493 e. The van der Waals surface area contributed by atoms with Gasteiger partial charge in [0.05, 0.1) is 17.2 Å². The molecule has 0 saturated carbocycles. The highest BCUT2D eigenvalue weighted by Gasteiger charge is 2.07. The lowest BCUT2D eigenvalue weighted by molar-refractivity contribution is -0.111. The third-order valence-corrected chi connectivity index (χ3v) is 5.19. The Labute approximate surface area is 186 Å². The second-order valence-corrected chi connectivity index (χ2v) is 7.39. The Morgan fingerprint density at radius 2 is 1.80 bits per heavy atom. The van der Waals surface area contributed by atoms with Gasteiger partial charge in [-0.25, -0.2) is 0 Å². The van der Waals surface area contributed by atoms with Crippen molar-refractivity contribution in [2.24, 2.45) is 0 Å². The molecule has 0 heterocycles. The Bertz CT molecular complexity index is 1080. The molecule has 154 valence electrons. The molecule has 0 aliphatic rings. The predicted molar refractivity (Wildman–Crippen MR) is 123 cm³/mol. The van der Waals surface area contributed by atoms with Crippen molar-refractivity contribution in [2.75, 3.05) is 12.4 Å². The van der Waals surface area contributed by atoms with Crippen molar-refractivity contribution in [1.82, 2.24) is 0 Å². The Morgan fingerprint density at radius 3 is 2.53 bits per heavy atom. The van der Waals surface area contributed by atoms with E-state index >= 15 is 0 Å². The summed E-state index contributed by atoms with van der Waals surface area (Å²) in [5.41, 5.74) is 3.66. The summed E-state index contributed by atoms with van der Waals surface area (Å²) in [5.74, 6) is 0.945. The Kier molecular flexibility index (Phi) is 7.39. The molecule has 3 rings (SSSR count). The molecule has 0 aliphatic carbocycles. The number of carbonyl (C=O) groups is 1. The number of ether oxygens (including phenoxy) is 2. The first-order valence-corrected chi connectivity index (χ1v) is 10.0. The number of carbonyl (C=O) groups excluding carboxylic acids is 1. The van der Waals surface area contributed by atoms with Crippen LogP contribution in [0.15, 0.2) is 66.7 Å². The molecule has 0 aromatic heterocycles. The summed E-state index contributed by atoms with van der Waals surface area (Å²) in [6.45, 7) is 2.50. The summed E-state index contributed by atoms with van der Waals surface area (Å²) in [6, 6.07) is 18.5. The van der Waals surface area contributed by atoms with Crippen LogP contribution in [0.3, 0.4) is 0 Å². The second-order valence-electron chi connectivity index (χ2n) is 6.58. The molecular formula is C24H21Cl2NO3. The molecule has 0 saturated heterocycles. The number of benzene rings is 3. The maximum absolute atomic E-state index is 12.2. The summed E-state index contributed by atoms with van der Waals surface area (Å²) >= 11 is 11.8. The van der Waals surface area contributed by atoms with Crippen molar-refractivity contribution < 1.29 is 14.3 Å². The molecule has 0 radical (unpaired) electrons. The maximum atomic E-state index is 12.2. The van der Waals surface area contributed by atoms with E-state index in [1.165, 1.54) is 11.6 Å². The lowest BCUT2D eigenvalue weighted by Gasteiger charge is -2.12. The highest BCUT2D eigenvalue weighted by atomic mass is 35.5. The van der Waals surface area contributed by atoms with Gasteiger partial charge in [0.2, 0.25) is 5.91 Å². The van der Waals surface area contributed by atoms with Gasteiger partial charge in [-0.3, -0.25) is 4.79 Å². The van der Waals surface area contributed by atoms with Crippen molar-refractivity contribution in [3.8, 4) is 11.5 Å². The zero-order valence-electron chi connectivity index (χ0n) is 16.6. The summed E-state index contributed by atoms with van der Waals surface area (Å²) < 4.78 is 11.4. The fraction of sp³-hybridized carbons (Fsp3) is 0.125. The molecule has 0 unspecified atom stereocenters. The molecule has 3 aromatic rings. The number of halogens is 2. The van der Waals surface area contributed by atoms with Gasteiger partial charge in [-0.05, 0) is 60.0 Å². The van der Waals surface area contributed by atoms with Gasteiger partial charge in [0.25, 0.3) is 0 Å². The van der Waals surface area contributed by atoms with Gasteiger partial charge in [0, 0.05) is 11.8 Å². The van der Waals surface area contributed by atoms with Gasteiger partial charge in [0.1, 0.15) is 6.61 Å². The molecule has 1 N–H and O–H groups in total. The van der Waals surface area contributed by atoms with Gasteiger partial charge >= 0.3 is 0 Å². The van der Waals surface area contributed by atoms with E-state index in [1.54, 1.807) is 31.4 Å². The number of methoxy groups -OCH3 is 1. The van der Waals surface area contributed by atoms with Crippen LogP contribution in [0.4, 0.5) is 5.69 Å². The standard InChI is InChI=1S/C24H21Cl2NO3/c1-16-5-3-4-6-18(16)15-30-22-11-7-17(13-23(22)29-2)8-12-24(28)27-19-9-10-20(25)21(26)14-19/h3-14H,15H2,1-2H3,(H,27,28). The molecule has 3 aromatic carbocycles. The van der Waals surface area contributed by atoms with Crippen molar-refractivity contribution in [3.63, 3.8) is 0 Å². The molecule has 0 spiro atoms. The summed E-state index contributed by atoms with van der Waals surface area (Å²) in [5, 5.41) is 3.55. The summed E-state index contributed by atoms with van der Waals surface area (Å²) in [7, 11) is 1.58. The topological polar surface area (TPSA) is 47.6 Å². The largest absolute Gasteiger partial charge is 0.493 e. The number of hydrogen-bond donors (Lipinski definition) is 1. The smallest absolute Gasteiger partial charge is 0.248 e. The normalized spacial score (nSPS) is 10.8. The Morgan fingerprint density at radius 1 is 1.00 bits per heavy atom. The first-order chi connectivity index (χ1) is 14.5. The van der Waals surface area contributed by atoms with Crippen LogP contribution < -0.4 is 14.8 Å². The number of anilines is 1. The fourth-order valence-corrected chi connectivity index (χ4v) is 3.06. The van der Waals surface area contributed by atoms with E-state index in [-0.39, 0.29) is 5.91 Å². The summed E-state index contributed by atoms with van der Waals surface area (Å²) in [4.78, 5) is 12.2. The molecule has 0 aliphatic heterocycles. The highest BCUT2D eigenvalue weighted by Crippen LogP contribution is 2.30. The van der Waals surface area contributed by atoms with Gasteiger partial charge in [-0.1, -0.05) is 53.5 Å². The van der Waals surface area contributed by atoms with Crippen LogP contribution in [0.1, 0.15) is 16.7 Å². The van der Waals surface area contributed by atoms with Gasteiger partial charge in [-0.15, -0.1) is 0 Å². The second kappa shape index (κ2) is 10.2. The molecule has 4 nitrogen and oxygen atoms in total. The van der Waals surface area contributed by atoms with Crippen molar-refractivity contribution in [1.29, 1.82) is 0 Å². The van der Waals surface area contributed by atoms with Crippen LogP contribution in [-0.2, 0) is 11.4 Å². The Balaban J connectivity index is 1.65. The first-order valence-electron chi connectivity index (χ1n) is 9.25. The van der Waals surface area contributed by atoms with Crippen molar-refractivity contribution in [3.05, 3.63) is 93.5 Å². The molecular weight excluding hydrogens is 421 g/mol. The summed E-state index contributed by atoms with van der Waals surface area (Å²) in [6.07, 6.45) is 3.13. The van der Waals surface area contributed by atoms with E-state index in [0.29, 0.717) is 33.8 Å². The molecule has 30 heavy (non-hydrogen) atoms. The van der Waals surface area contributed by atoms with E-state index < -0.39 is 0 Å². The minimum atomic E-state index is -0.285. The molecule has 0 bridgehead atoms. The van der Waals surface area contributed by atoms with Crippen LogP contribution in [0.5, 0.6) is 11.5 Å². The number of aryl methyl sites for hydroxylation is 1. The third kappa shape index (κ3) is 5.78. The zero-order valence-corrected chi connectivity index (χ0v) is 18.1. The van der Waals surface area contributed by atoms with E-state index in [1.807, 2.05) is 49.4 Å². The molecule has 1 amide bonds. The monoisotopic (exact) mass is 441 g/mol. The number of rotatable bonds is 7. The van der Waals surface area contributed by atoms with Crippen LogP contribution >= 0.6 is 23.2 Å². The molecule has 0 fully saturated rings. The average molecular weight is 442 g/mol. The lowest BCUT2D eigenvalue weighted by Crippen LogP contribution is -2.07. The Hall–Kier alpha value is -2.95. The van der Waals surface area contributed by atoms with E-state index in [9.17, 15) is 4.79 Å². The number of amides is 1. The van der Waals surface area contributed by atoms with Gasteiger partial charge < -0.3 is 14.8 Å². The predicted octanol–water partition coefficient (Wildman–Crippen LogP) is 6.54. The van der Waals surface area contributed by atoms with Crippen LogP contribution in [-0.4, -0.2) is 13.0 Å². The first kappa shape index (κ1) is 21.8. The SMILES string of the molecule is COc1cc(C=CC(=O)Nc2ccc(Cl)c(Cl)c2)ccc1OCc1ccccc1C. The minimum absolute atomic E-state index is 0.285. The third-order valence-electron chi connectivity index (χ3n) is 4.45. The quantitative estimate of drug-likeness (QED) is 0.423. The van der Waals surface area contributed by atoms with Crippen LogP contribution in [0.2, 0.25) is 10.0 Å². The van der Waals surface area contributed by atoms with E-state index in [0.717, 1.165) is 11.1 Å². The highest BCUT2D eigenvalue weighted by molar-refractivity contribution is 6.42. The van der Waals surface area contributed by atoms with E-state index in [2.05, 4.69) is 5.32 Å².